The molecular weight excluding hydrogens is 624 g/mol. The van der Waals surface area contributed by atoms with Crippen LogP contribution < -0.4 is 9.44 Å². The van der Waals surface area contributed by atoms with Crippen molar-refractivity contribution in [3.63, 3.8) is 0 Å². The van der Waals surface area contributed by atoms with Gasteiger partial charge in [-0.05, 0) is 37.8 Å². The lowest BCUT2D eigenvalue weighted by molar-refractivity contribution is -0.388. The van der Waals surface area contributed by atoms with Gasteiger partial charge in [0.2, 0.25) is 20.0 Å². The number of sulfonamides is 2. The summed E-state index contributed by atoms with van der Waals surface area (Å²) in [6.07, 6.45) is 4.70. The van der Waals surface area contributed by atoms with Gasteiger partial charge in [0.25, 0.3) is 11.4 Å². The van der Waals surface area contributed by atoms with E-state index in [0.717, 1.165) is 37.1 Å². The molecule has 2 saturated carbocycles. The summed E-state index contributed by atoms with van der Waals surface area (Å²) >= 11 is 0. The number of aliphatic carboxylic acids is 2. The third-order valence-electron chi connectivity index (χ3n) is 7.60. The van der Waals surface area contributed by atoms with Crippen LogP contribution >= 0.6 is 0 Å². The van der Waals surface area contributed by atoms with E-state index < -0.39 is 74.1 Å². The average Bonchev–Trinajstić information content (AvgIpc) is 2.98. The number of carboxylic acids is 2. The number of nitro groups is 2. The second-order valence-corrected chi connectivity index (χ2v) is 13.9. The van der Waals surface area contributed by atoms with E-state index in [-0.39, 0.29) is 25.7 Å². The fourth-order valence-corrected chi connectivity index (χ4v) is 8.51. The molecule has 0 unspecified atom stereocenters. The molecule has 0 heterocycles. The Labute approximate surface area is 252 Å². The molecule has 4 N–H and O–H groups in total. The van der Waals surface area contributed by atoms with E-state index in [9.17, 15) is 56.9 Å². The van der Waals surface area contributed by atoms with Crippen LogP contribution in [0.15, 0.2) is 58.3 Å². The zero-order valence-electron chi connectivity index (χ0n) is 23.4. The van der Waals surface area contributed by atoms with Gasteiger partial charge in [-0.25, -0.2) is 16.8 Å². The van der Waals surface area contributed by atoms with Crippen molar-refractivity contribution >= 4 is 43.4 Å². The number of nitro benzene ring substituents is 2. The van der Waals surface area contributed by atoms with Crippen molar-refractivity contribution in [2.24, 2.45) is 0 Å². The van der Waals surface area contributed by atoms with Crippen LogP contribution in [0.3, 0.4) is 0 Å². The molecule has 2 fully saturated rings. The summed E-state index contributed by atoms with van der Waals surface area (Å²) in [5.74, 6) is -2.51. The third kappa shape index (κ3) is 7.74. The lowest BCUT2D eigenvalue weighted by Gasteiger charge is -2.33. The predicted molar refractivity (Wildman–Crippen MR) is 154 cm³/mol. The molecule has 0 aromatic heterocycles. The molecule has 0 radical (unpaired) electrons. The van der Waals surface area contributed by atoms with E-state index in [4.69, 9.17) is 0 Å². The molecule has 2 aliphatic rings. The number of benzene rings is 2. The van der Waals surface area contributed by atoms with Gasteiger partial charge in [-0.15, -0.1) is 0 Å². The summed E-state index contributed by atoms with van der Waals surface area (Å²) < 4.78 is 54.2. The molecule has 2 aromatic rings. The van der Waals surface area contributed by atoms with Crippen LogP contribution in [-0.4, -0.2) is 59.9 Å². The maximum absolute atomic E-state index is 12.5. The largest absolute Gasteiger partial charge is 0.480 e. The number of nitrogens with one attached hydrogen (secondary N) is 2. The fourth-order valence-electron chi connectivity index (χ4n) is 5.32. The number of hydrogen-bond donors (Lipinski definition) is 4. The Kier molecular flexibility index (Phi) is 10.8. The van der Waals surface area contributed by atoms with Crippen molar-refractivity contribution in [1.82, 2.24) is 9.44 Å². The number of carbonyl (C=O) groups is 2. The Morgan fingerprint density at radius 3 is 1.18 bits per heavy atom. The smallest absolute Gasteiger partial charge is 0.324 e. The molecule has 0 spiro atoms. The minimum atomic E-state index is -4.31. The van der Waals surface area contributed by atoms with E-state index in [1.807, 2.05) is 0 Å². The minimum Gasteiger partial charge on any atom is -0.480 e. The van der Waals surface area contributed by atoms with Gasteiger partial charge in [0.05, 0.1) is 9.85 Å². The molecule has 0 aliphatic heterocycles. The molecule has 2 aromatic carbocycles. The number of carboxylic acid groups (broad SMARTS) is 2. The molecule has 44 heavy (non-hydrogen) atoms. The second kappa shape index (κ2) is 13.7. The van der Waals surface area contributed by atoms with Crippen molar-refractivity contribution in [3.8, 4) is 0 Å². The van der Waals surface area contributed by atoms with Gasteiger partial charge in [0.15, 0.2) is 9.79 Å². The molecule has 4 rings (SSSR count). The quantitative estimate of drug-likeness (QED) is 0.212. The van der Waals surface area contributed by atoms with Gasteiger partial charge in [0, 0.05) is 12.1 Å². The number of hydrogen-bond acceptors (Lipinski definition) is 10. The normalized spacial score (nSPS) is 17.8. The van der Waals surface area contributed by atoms with Crippen molar-refractivity contribution in [2.75, 3.05) is 0 Å². The number of rotatable bonds is 10. The first kappa shape index (κ1) is 34.5. The van der Waals surface area contributed by atoms with Crippen LogP contribution in [0.5, 0.6) is 0 Å². The Morgan fingerprint density at radius 2 is 0.909 bits per heavy atom. The third-order valence-corrected chi connectivity index (χ3v) is 10.8. The van der Waals surface area contributed by atoms with Crippen molar-refractivity contribution in [3.05, 3.63) is 68.8 Å². The Morgan fingerprint density at radius 1 is 0.614 bits per heavy atom. The molecular formula is C26H32N4O12S2. The van der Waals surface area contributed by atoms with Crippen LogP contribution in [0.2, 0.25) is 0 Å². The molecule has 0 amide bonds. The van der Waals surface area contributed by atoms with Crippen LogP contribution in [0.1, 0.15) is 64.2 Å². The summed E-state index contributed by atoms with van der Waals surface area (Å²) in [5, 5.41) is 40.8. The number of nitrogens with zero attached hydrogens (tertiary/aromatic N) is 2. The second-order valence-electron chi connectivity index (χ2n) is 10.6. The minimum absolute atomic E-state index is 0.169. The molecule has 240 valence electrons. The molecule has 16 nitrogen and oxygen atoms in total. The maximum atomic E-state index is 12.5. The van der Waals surface area contributed by atoms with Gasteiger partial charge >= 0.3 is 11.9 Å². The van der Waals surface area contributed by atoms with Crippen molar-refractivity contribution in [2.45, 2.75) is 85.1 Å². The number of para-hydroxylation sites is 2. The lowest BCUT2D eigenvalue weighted by atomic mass is 9.83. The van der Waals surface area contributed by atoms with Crippen molar-refractivity contribution in [1.29, 1.82) is 0 Å². The summed E-state index contributed by atoms with van der Waals surface area (Å²) in [4.78, 5) is 42.4. The van der Waals surface area contributed by atoms with Crippen LogP contribution in [-0.2, 0) is 29.6 Å². The fraction of sp³-hybridized carbons (Fsp3) is 0.462. The Hall–Kier alpha value is -4.00. The highest BCUT2D eigenvalue weighted by Gasteiger charge is 2.45. The zero-order chi connectivity index (χ0) is 32.8. The van der Waals surface area contributed by atoms with Gasteiger partial charge < -0.3 is 10.2 Å². The molecule has 0 bridgehead atoms. The highest BCUT2D eigenvalue weighted by Crippen LogP contribution is 2.33. The summed E-state index contributed by atoms with van der Waals surface area (Å²) in [6, 6.07) is 9.75. The first-order valence-electron chi connectivity index (χ1n) is 13.6. The maximum Gasteiger partial charge on any atom is 0.324 e. The monoisotopic (exact) mass is 656 g/mol. The SMILES string of the molecule is O=C(O)C1(NS(=O)(=O)c2ccccc2[N+](=O)[O-])CCCCC1.O=C(O)C1(NS(=O)(=O)c2ccccc2[N+](=O)[O-])CCCCC1. The summed E-state index contributed by atoms with van der Waals surface area (Å²) in [5.41, 5.74) is -4.35. The van der Waals surface area contributed by atoms with Gasteiger partial charge in [-0.3, -0.25) is 29.8 Å². The van der Waals surface area contributed by atoms with E-state index in [1.54, 1.807) is 0 Å². The molecule has 0 saturated heterocycles. The van der Waals surface area contributed by atoms with Crippen LogP contribution in [0, 0.1) is 20.2 Å². The standard InChI is InChI=1S/2C13H16N2O6S/c2*16-12(17)13(8-4-1-5-9-13)14-22(20,21)11-7-3-2-6-10(11)15(18)19/h2*2-3,6-7,14H,1,4-5,8-9H2,(H,16,17). The van der Waals surface area contributed by atoms with Gasteiger partial charge in [-0.1, -0.05) is 62.8 Å². The first-order chi connectivity index (χ1) is 20.6. The van der Waals surface area contributed by atoms with E-state index >= 15 is 0 Å². The Bertz CT molecular complexity index is 1510. The van der Waals surface area contributed by atoms with Crippen molar-refractivity contribution < 1.29 is 46.5 Å². The Balaban J connectivity index is 0.000000240. The lowest BCUT2D eigenvalue weighted by Crippen LogP contribution is -2.55. The molecule has 2 aliphatic carbocycles. The average molecular weight is 657 g/mol. The first-order valence-corrected chi connectivity index (χ1v) is 16.6. The van der Waals surface area contributed by atoms with E-state index in [0.29, 0.717) is 25.7 Å². The molecule has 18 heteroatoms. The van der Waals surface area contributed by atoms with E-state index in [2.05, 4.69) is 9.44 Å². The molecule has 0 atom stereocenters. The summed E-state index contributed by atoms with van der Waals surface area (Å²) in [7, 11) is -8.62. The highest BCUT2D eigenvalue weighted by atomic mass is 32.2. The summed E-state index contributed by atoms with van der Waals surface area (Å²) in [6.45, 7) is 0. The highest BCUT2D eigenvalue weighted by molar-refractivity contribution is 7.90. The van der Waals surface area contributed by atoms with Crippen LogP contribution in [0.25, 0.3) is 0 Å². The van der Waals surface area contributed by atoms with Gasteiger partial charge in [0.1, 0.15) is 11.1 Å². The van der Waals surface area contributed by atoms with Crippen LogP contribution in [0.4, 0.5) is 11.4 Å². The zero-order valence-corrected chi connectivity index (χ0v) is 25.0. The topological polar surface area (TPSA) is 253 Å². The van der Waals surface area contributed by atoms with Gasteiger partial charge in [-0.2, -0.15) is 9.44 Å². The van der Waals surface area contributed by atoms with E-state index in [1.165, 1.54) is 24.3 Å². The predicted octanol–water partition coefficient (Wildman–Crippen LogP) is 3.32.